The molecule has 0 amide bonds. The van der Waals surface area contributed by atoms with Crippen molar-refractivity contribution in [3.63, 3.8) is 0 Å². The second-order valence-corrected chi connectivity index (χ2v) is 5.27. The molecule has 0 spiro atoms. The second kappa shape index (κ2) is 4.61. The van der Waals surface area contributed by atoms with Gasteiger partial charge in [-0.1, -0.05) is 23.9 Å². The molecule has 0 bridgehead atoms. The quantitative estimate of drug-likeness (QED) is 0.863. The zero-order valence-electron chi connectivity index (χ0n) is 9.60. The van der Waals surface area contributed by atoms with E-state index in [-0.39, 0.29) is 11.5 Å². The van der Waals surface area contributed by atoms with Crippen molar-refractivity contribution in [2.75, 3.05) is 0 Å². The van der Waals surface area contributed by atoms with Gasteiger partial charge in [-0.05, 0) is 30.5 Å². The molecular weight excluding hydrogens is 253 g/mol. The number of nitrogens with one attached hydrogen (secondary N) is 1. The van der Waals surface area contributed by atoms with Gasteiger partial charge >= 0.3 is 5.69 Å². The largest absolute Gasteiger partial charge is 0.344 e. The minimum Gasteiger partial charge on any atom is -0.267 e. The first kappa shape index (κ1) is 11.5. The monoisotopic (exact) mass is 265 g/mol. The first-order valence-electron chi connectivity index (χ1n) is 5.78. The van der Waals surface area contributed by atoms with E-state index in [0.717, 1.165) is 18.4 Å². The number of rotatable bonds is 4. The normalized spacial score (nSPS) is 14.9. The Balaban J connectivity index is 1.73. The maximum absolute atomic E-state index is 12.8. The van der Waals surface area contributed by atoms with Gasteiger partial charge in [-0.2, -0.15) is 0 Å². The lowest BCUT2D eigenvalue weighted by molar-refractivity contribution is 0.627. The van der Waals surface area contributed by atoms with Crippen LogP contribution in [0.2, 0.25) is 0 Å². The first-order chi connectivity index (χ1) is 8.74. The molecule has 0 saturated heterocycles. The molecule has 1 aliphatic carbocycles. The fourth-order valence-electron chi connectivity index (χ4n) is 1.78. The van der Waals surface area contributed by atoms with Crippen LogP contribution in [-0.2, 0) is 5.75 Å². The zero-order chi connectivity index (χ0) is 12.5. The summed E-state index contributed by atoms with van der Waals surface area (Å²) in [5.41, 5.74) is 0.873. The maximum atomic E-state index is 12.8. The van der Waals surface area contributed by atoms with Crippen molar-refractivity contribution in [2.24, 2.45) is 0 Å². The van der Waals surface area contributed by atoms with Gasteiger partial charge in [0.05, 0.1) is 0 Å². The Morgan fingerprint density at radius 2 is 2.11 bits per heavy atom. The summed E-state index contributed by atoms with van der Waals surface area (Å²) in [4.78, 5) is 11.6. The lowest BCUT2D eigenvalue weighted by Crippen LogP contribution is -2.16. The van der Waals surface area contributed by atoms with Crippen molar-refractivity contribution in [2.45, 2.75) is 29.8 Å². The molecule has 4 nitrogen and oxygen atoms in total. The van der Waals surface area contributed by atoms with Gasteiger partial charge in [-0.25, -0.2) is 14.3 Å². The lowest BCUT2D eigenvalue weighted by atomic mass is 10.2. The summed E-state index contributed by atoms with van der Waals surface area (Å²) in [5, 5.41) is 7.22. The third-order valence-electron chi connectivity index (χ3n) is 2.87. The summed E-state index contributed by atoms with van der Waals surface area (Å²) >= 11 is 1.49. The Kier molecular flexibility index (Phi) is 2.95. The van der Waals surface area contributed by atoms with Crippen molar-refractivity contribution in [1.82, 2.24) is 14.8 Å². The summed E-state index contributed by atoms with van der Waals surface area (Å²) in [7, 11) is 0. The topological polar surface area (TPSA) is 50.7 Å². The van der Waals surface area contributed by atoms with Crippen molar-refractivity contribution in [1.29, 1.82) is 0 Å². The summed E-state index contributed by atoms with van der Waals surface area (Å²) in [6.07, 6.45) is 2.09. The van der Waals surface area contributed by atoms with Gasteiger partial charge in [-0.3, -0.25) is 4.57 Å². The number of halogens is 1. The smallest absolute Gasteiger partial charge is 0.267 e. The molecule has 1 fully saturated rings. The van der Waals surface area contributed by atoms with Crippen LogP contribution in [0, 0.1) is 5.82 Å². The van der Waals surface area contributed by atoms with Crippen molar-refractivity contribution in [3.05, 3.63) is 46.1 Å². The van der Waals surface area contributed by atoms with Crippen molar-refractivity contribution >= 4 is 11.8 Å². The fraction of sp³-hybridized carbons (Fsp3) is 0.333. The van der Waals surface area contributed by atoms with Crippen LogP contribution in [0.5, 0.6) is 0 Å². The molecule has 1 aliphatic rings. The highest BCUT2D eigenvalue weighted by Gasteiger charge is 2.28. The van der Waals surface area contributed by atoms with Gasteiger partial charge in [0.25, 0.3) is 0 Å². The van der Waals surface area contributed by atoms with Crippen LogP contribution in [0.25, 0.3) is 0 Å². The Morgan fingerprint density at radius 3 is 2.78 bits per heavy atom. The van der Waals surface area contributed by atoms with E-state index in [9.17, 15) is 9.18 Å². The average molecular weight is 265 g/mol. The van der Waals surface area contributed by atoms with E-state index >= 15 is 0 Å². The van der Waals surface area contributed by atoms with E-state index in [4.69, 9.17) is 0 Å². The van der Waals surface area contributed by atoms with E-state index in [1.54, 1.807) is 16.7 Å². The third kappa shape index (κ3) is 2.33. The van der Waals surface area contributed by atoms with Gasteiger partial charge in [0.1, 0.15) is 5.82 Å². The summed E-state index contributed by atoms with van der Waals surface area (Å²) < 4.78 is 14.5. The van der Waals surface area contributed by atoms with Crippen LogP contribution < -0.4 is 5.69 Å². The number of nitrogens with zero attached hydrogens (tertiary/aromatic N) is 2. The molecule has 0 radical (unpaired) electrons. The van der Waals surface area contributed by atoms with E-state index in [0.29, 0.717) is 17.0 Å². The average Bonchev–Trinajstić information content (AvgIpc) is 3.13. The molecule has 18 heavy (non-hydrogen) atoms. The van der Waals surface area contributed by atoms with Crippen LogP contribution >= 0.6 is 11.8 Å². The summed E-state index contributed by atoms with van der Waals surface area (Å²) in [5.74, 6) is 0.440. The summed E-state index contributed by atoms with van der Waals surface area (Å²) in [6.45, 7) is 0. The molecule has 0 aliphatic heterocycles. The predicted molar refractivity (Wildman–Crippen MR) is 67.1 cm³/mol. The molecule has 1 saturated carbocycles. The molecule has 0 unspecified atom stereocenters. The van der Waals surface area contributed by atoms with Gasteiger partial charge in [0, 0.05) is 11.8 Å². The van der Waals surface area contributed by atoms with E-state index in [1.165, 1.54) is 23.9 Å². The number of hydrogen-bond acceptors (Lipinski definition) is 3. The summed E-state index contributed by atoms with van der Waals surface area (Å²) in [6, 6.07) is 6.68. The minimum atomic E-state index is -0.238. The zero-order valence-corrected chi connectivity index (χ0v) is 10.4. The molecule has 1 aromatic carbocycles. The molecule has 94 valence electrons. The SMILES string of the molecule is O=c1[nH]nc(SCc2ccc(F)cc2)n1C1CC1. The standard InChI is InChI=1S/C12H12FN3OS/c13-9-3-1-8(2-4-9)7-18-12-15-14-11(17)16(12)10-5-6-10/h1-4,10H,5-7H2,(H,14,17). The molecule has 3 rings (SSSR count). The van der Waals surface area contributed by atoms with Crippen LogP contribution in [0.4, 0.5) is 4.39 Å². The molecule has 1 heterocycles. The highest BCUT2D eigenvalue weighted by molar-refractivity contribution is 7.98. The minimum absolute atomic E-state index is 0.140. The number of thioether (sulfide) groups is 1. The van der Waals surface area contributed by atoms with E-state index in [1.807, 2.05) is 0 Å². The van der Waals surface area contributed by atoms with Crippen molar-refractivity contribution < 1.29 is 4.39 Å². The lowest BCUT2D eigenvalue weighted by Gasteiger charge is -2.03. The number of H-pyrrole nitrogens is 1. The molecular formula is C12H12FN3OS. The van der Waals surface area contributed by atoms with Gasteiger partial charge in [0.2, 0.25) is 0 Å². The van der Waals surface area contributed by atoms with E-state index < -0.39 is 0 Å². The van der Waals surface area contributed by atoms with Gasteiger partial charge in [-0.15, -0.1) is 5.10 Å². The maximum Gasteiger partial charge on any atom is 0.344 e. The Hall–Kier alpha value is -1.56. The number of hydrogen-bond donors (Lipinski definition) is 1. The van der Waals surface area contributed by atoms with Crippen LogP contribution in [-0.4, -0.2) is 14.8 Å². The molecule has 1 aromatic heterocycles. The highest BCUT2D eigenvalue weighted by Crippen LogP contribution is 2.36. The van der Waals surface area contributed by atoms with Gasteiger partial charge in [0.15, 0.2) is 5.16 Å². The van der Waals surface area contributed by atoms with Crippen LogP contribution in [0.15, 0.2) is 34.2 Å². The number of aromatic nitrogens is 3. The Morgan fingerprint density at radius 1 is 1.39 bits per heavy atom. The molecule has 1 N–H and O–H groups in total. The first-order valence-corrected chi connectivity index (χ1v) is 6.77. The Labute approximate surface area is 107 Å². The third-order valence-corrected chi connectivity index (χ3v) is 3.89. The molecule has 0 atom stereocenters. The molecule has 2 aromatic rings. The number of aromatic amines is 1. The van der Waals surface area contributed by atoms with Crippen molar-refractivity contribution in [3.8, 4) is 0 Å². The number of benzene rings is 1. The van der Waals surface area contributed by atoms with Crippen LogP contribution in [0.3, 0.4) is 0 Å². The Bertz CT molecular complexity index is 601. The van der Waals surface area contributed by atoms with E-state index in [2.05, 4.69) is 10.2 Å². The molecule has 6 heteroatoms. The van der Waals surface area contributed by atoms with Gasteiger partial charge < -0.3 is 0 Å². The highest BCUT2D eigenvalue weighted by atomic mass is 32.2. The predicted octanol–water partition coefficient (Wildman–Crippen LogP) is 2.34. The van der Waals surface area contributed by atoms with Crippen LogP contribution in [0.1, 0.15) is 24.4 Å². The second-order valence-electron chi connectivity index (χ2n) is 4.33. The fourth-order valence-corrected chi connectivity index (χ4v) is 2.74.